The average Bonchev–Trinajstić information content (AvgIpc) is 2.71. The summed E-state index contributed by atoms with van der Waals surface area (Å²) in [4.78, 5) is 24.1. The van der Waals surface area contributed by atoms with E-state index in [1.54, 1.807) is 13.2 Å². The molecular formula is C20H23NO6. The minimum atomic E-state index is -0.560. The van der Waals surface area contributed by atoms with E-state index in [1.165, 1.54) is 26.4 Å². The summed E-state index contributed by atoms with van der Waals surface area (Å²) >= 11 is 0. The number of carbonyl (C=O) groups is 2. The predicted molar refractivity (Wildman–Crippen MR) is 99.4 cm³/mol. The van der Waals surface area contributed by atoms with Gasteiger partial charge in [-0.15, -0.1) is 0 Å². The highest BCUT2D eigenvalue weighted by Crippen LogP contribution is 2.26. The van der Waals surface area contributed by atoms with Crippen molar-refractivity contribution in [3.05, 3.63) is 53.6 Å². The molecule has 0 bridgehead atoms. The normalized spacial score (nSPS) is 11.3. The van der Waals surface area contributed by atoms with Crippen LogP contribution in [0.3, 0.4) is 0 Å². The molecule has 0 aliphatic heterocycles. The lowest BCUT2D eigenvalue weighted by atomic mass is 10.1. The van der Waals surface area contributed by atoms with Crippen molar-refractivity contribution in [2.45, 2.75) is 13.0 Å². The second-order valence-corrected chi connectivity index (χ2v) is 5.67. The zero-order chi connectivity index (χ0) is 19.8. The maximum atomic E-state index is 12.3. The third-order valence-corrected chi connectivity index (χ3v) is 3.94. The standard InChI is InChI=1S/C20H23NO6/c1-13(15-7-5-6-8-17(15)25-3)21-19(22)12-27-18-11-14(24-2)9-10-16(18)20(23)26-4/h5-11,13H,12H2,1-4H3,(H,21,22). The zero-order valence-corrected chi connectivity index (χ0v) is 15.8. The van der Waals surface area contributed by atoms with Crippen molar-refractivity contribution in [2.24, 2.45) is 0 Å². The van der Waals surface area contributed by atoms with Crippen LogP contribution in [0.1, 0.15) is 28.9 Å². The van der Waals surface area contributed by atoms with Crippen LogP contribution in [-0.2, 0) is 9.53 Å². The lowest BCUT2D eigenvalue weighted by molar-refractivity contribution is -0.123. The van der Waals surface area contributed by atoms with Gasteiger partial charge in [-0.1, -0.05) is 18.2 Å². The number of amides is 1. The van der Waals surface area contributed by atoms with Crippen LogP contribution in [0.2, 0.25) is 0 Å². The Balaban J connectivity index is 2.06. The van der Waals surface area contributed by atoms with Gasteiger partial charge < -0.3 is 24.3 Å². The molecule has 7 nitrogen and oxygen atoms in total. The number of nitrogens with one attached hydrogen (secondary N) is 1. The SMILES string of the molecule is COC(=O)c1ccc(OC)cc1OCC(=O)NC(C)c1ccccc1OC. The van der Waals surface area contributed by atoms with E-state index in [9.17, 15) is 9.59 Å². The highest BCUT2D eigenvalue weighted by Gasteiger charge is 2.17. The predicted octanol–water partition coefficient (Wildman–Crippen LogP) is 2.75. The Kier molecular flexibility index (Phi) is 7.05. The van der Waals surface area contributed by atoms with E-state index in [1.807, 2.05) is 31.2 Å². The van der Waals surface area contributed by atoms with Gasteiger partial charge in [0, 0.05) is 11.6 Å². The maximum Gasteiger partial charge on any atom is 0.341 e. The smallest absolute Gasteiger partial charge is 0.341 e. The minimum Gasteiger partial charge on any atom is -0.497 e. The number of hydrogen-bond donors (Lipinski definition) is 1. The van der Waals surface area contributed by atoms with Gasteiger partial charge in [-0.25, -0.2) is 4.79 Å². The Labute approximate surface area is 158 Å². The molecule has 0 fully saturated rings. The van der Waals surface area contributed by atoms with Crippen molar-refractivity contribution in [3.8, 4) is 17.2 Å². The Morgan fingerprint density at radius 1 is 1.00 bits per heavy atom. The fourth-order valence-electron chi connectivity index (χ4n) is 2.56. The average molecular weight is 373 g/mol. The minimum absolute atomic E-state index is 0.210. The van der Waals surface area contributed by atoms with Gasteiger partial charge in [0.15, 0.2) is 6.61 Å². The van der Waals surface area contributed by atoms with Gasteiger partial charge in [-0.05, 0) is 25.1 Å². The first kappa shape index (κ1) is 20.1. The molecule has 0 aromatic heterocycles. The Hall–Kier alpha value is -3.22. The number of methoxy groups -OCH3 is 3. The largest absolute Gasteiger partial charge is 0.497 e. The van der Waals surface area contributed by atoms with Gasteiger partial charge >= 0.3 is 5.97 Å². The molecular weight excluding hydrogens is 350 g/mol. The van der Waals surface area contributed by atoms with Crippen LogP contribution < -0.4 is 19.5 Å². The van der Waals surface area contributed by atoms with Gasteiger partial charge in [-0.3, -0.25) is 4.79 Å². The first-order valence-corrected chi connectivity index (χ1v) is 8.31. The van der Waals surface area contributed by atoms with Gasteiger partial charge in [0.05, 0.1) is 27.4 Å². The zero-order valence-electron chi connectivity index (χ0n) is 15.8. The van der Waals surface area contributed by atoms with Crippen LogP contribution >= 0.6 is 0 Å². The number of esters is 1. The highest BCUT2D eigenvalue weighted by molar-refractivity contribution is 5.92. The van der Waals surface area contributed by atoms with Crippen LogP contribution in [0, 0.1) is 0 Å². The Morgan fingerprint density at radius 2 is 1.74 bits per heavy atom. The first-order valence-electron chi connectivity index (χ1n) is 8.31. The van der Waals surface area contributed by atoms with E-state index in [0.29, 0.717) is 11.5 Å². The molecule has 2 aromatic carbocycles. The Bertz CT molecular complexity index is 805. The number of para-hydroxylation sites is 1. The molecule has 27 heavy (non-hydrogen) atoms. The molecule has 0 spiro atoms. The number of hydrogen-bond acceptors (Lipinski definition) is 6. The fraction of sp³-hybridized carbons (Fsp3) is 0.300. The summed E-state index contributed by atoms with van der Waals surface area (Å²) in [5.74, 6) is 0.497. The number of benzene rings is 2. The summed E-state index contributed by atoms with van der Waals surface area (Å²) in [5.41, 5.74) is 1.06. The van der Waals surface area contributed by atoms with E-state index in [0.717, 1.165) is 5.56 Å². The second-order valence-electron chi connectivity index (χ2n) is 5.67. The van der Waals surface area contributed by atoms with Crippen molar-refractivity contribution in [1.29, 1.82) is 0 Å². The summed E-state index contributed by atoms with van der Waals surface area (Å²) in [6.45, 7) is 1.58. The summed E-state index contributed by atoms with van der Waals surface area (Å²) < 4.78 is 20.7. The summed E-state index contributed by atoms with van der Waals surface area (Å²) in [7, 11) is 4.35. The van der Waals surface area contributed by atoms with Crippen molar-refractivity contribution < 1.29 is 28.5 Å². The van der Waals surface area contributed by atoms with Crippen molar-refractivity contribution >= 4 is 11.9 Å². The van der Waals surface area contributed by atoms with Crippen LogP contribution in [0.4, 0.5) is 0 Å². The molecule has 2 rings (SSSR count). The fourth-order valence-corrected chi connectivity index (χ4v) is 2.56. The molecule has 0 radical (unpaired) electrons. The number of rotatable bonds is 8. The van der Waals surface area contributed by atoms with Gasteiger partial charge in [-0.2, -0.15) is 0 Å². The maximum absolute atomic E-state index is 12.3. The summed E-state index contributed by atoms with van der Waals surface area (Å²) in [6.07, 6.45) is 0. The molecule has 1 amide bonds. The molecule has 144 valence electrons. The van der Waals surface area contributed by atoms with Crippen LogP contribution in [0.5, 0.6) is 17.2 Å². The molecule has 0 aliphatic carbocycles. The van der Waals surface area contributed by atoms with Crippen molar-refractivity contribution in [1.82, 2.24) is 5.32 Å². The van der Waals surface area contributed by atoms with E-state index in [2.05, 4.69) is 5.32 Å². The third-order valence-electron chi connectivity index (χ3n) is 3.94. The molecule has 1 atom stereocenters. The van der Waals surface area contributed by atoms with Crippen molar-refractivity contribution in [3.63, 3.8) is 0 Å². The molecule has 0 heterocycles. The topological polar surface area (TPSA) is 83.1 Å². The molecule has 0 saturated heterocycles. The molecule has 0 saturated carbocycles. The lowest BCUT2D eigenvalue weighted by Gasteiger charge is -2.18. The van der Waals surface area contributed by atoms with E-state index in [-0.39, 0.29) is 29.9 Å². The van der Waals surface area contributed by atoms with Crippen LogP contribution in [0.25, 0.3) is 0 Å². The summed E-state index contributed by atoms with van der Waals surface area (Å²) in [5, 5.41) is 2.84. The van der Waals surface area contributed by atoms with Crippen LogP contribution in [-0.4, -0.2) is 39.8 Å². The lowest BCUT2D eigenvalue weighted by Crippen LogP contribution is -2.31. The highest BCUT2D eigenvalue weighted by atomic mass is 16.5. The third kappa shape index (κ3) is 5.13. The second kappa shape index (κ2) is 9.47. The van der Waals surface area contributed by atoms with Crippen molar-refractivity contribution in [2.75, 3.05) is 27.9 Å². The number of carbonyl (C=O) groups excluding carboxylic acids is 2. The van der Waals surface area contributed by atoms with E-state index < -0.39 is 5.97 Å². The molecule has 0 aliphatic rings. The van der Waals surface area contributed by atoms with Gasteiger partial charge in [0.25, 0.3) is 5.91 Å². The molecule has 1 unspecified atom stereocenters. The van der Waals surface area contributed by atoms with Gasteiger partial charge in [0.1, 0.15) is 22.8 Å². The number of ether oxygens (including phenoxy) is 4. The monoisotopic (exact) mass is 373 g/mol. The van der Waals surface area contributed by atoms with E-state index >= 15 is 0 Å². The molecule has 2 aromatic rings. The molecule has 7 heteroatoms. The van der Waals surface area contributed by atoms with Gasteiger partial charge in [0.2, 0.25) is 0 Å². The molecule has 1 N–H and O–H groups in total. The first-order chi connectivity index (χ1) is 13.0. The summed E-state index contributed by atoms with van der Waals surface area (Å²) in [6, 6.07) is 11.8. The Morgan fingerprint density at radius 3 is 2.41 bits per heavy atom. The quantitative estimate of drug-likeness (QED) is 0.717. The van der Waals surface area contributed by atoms with Crippen LogP contribution in [0.15, 0.2) is 42.5 Å². The van der Waals surface area contributed by atoms with E-state index in [4.69, 9.17) is 18.9 Å².